The summed E-state index contributed by atoms with van der Waals surface area (Å²) >= 11 is 3.43. The summed E-state index contributed by atoms with van der Waals surface area (Å²) in [6.07, 6.45) is 4.23. The molecule has 12 heavy (non-hydrogen) atoms. The molecule has 1 aliphatic heterocycles. The number of hydrogen-bond donors (Lipinski definition) is 0. The second-order valence-corrected chi connectivity index (χ2v) is 4.96. The van der Waals surface area contributed by atoms with Gasteiger partial charge >= 0.3 is 74.3 Å². The number of rotatable bonds is 0. The van der Waals surface area contributed by atoms with E-state index in [0.29, 0.717) is 0 Å². The second-order valence-electron chi connectivity index (χ2n) is 1.50. The molecule has 0 saturated heterocycles. The van der Waals surface area contributed by atoms with Crippen molar-refractivity contribution in [1.29, 1.82) is 0 Å². The minimum atomic E-state index is -4.33. The number of allylic oxidation sites excluding steroid dienone is 2. The molecule has 0 bridgehead atoms. The van der Waals surface area contributed by atoms with Gasteiger partial charge in [0.25, 0.3) is 0 Å². The molecule has 0 saturated carbocycles. The molecule has 8 heteroatoms. The van der Waals surface area contributed by atoms with Gasteiger partial charge in [0, 0.05) is 0 Å². The molecule has 0 aromatic carbocycles. The third-order valence-corrected chi connectivity index (χ3v) is 1.74. The topological polar surface area (TPSA) is 63.2 Å². The zero-order valence-electron chi connectivity index (χ0n) is 7.06. The normalized spacial score (nSPS) is 11.5. The Labute approximate surface area is 128 Å². The van der Waals surface area contributed by atoms with Crippen molar-refractivity contribution in [3.63, 3.8) is 0 Å². The van der Waals surface area contributed by atoms with Crippen LogP contribution in [0.3, 0.4) is 0 Å². The van der Waals surface area contributed by atoms with E-state index in [0.717, 1.165) is 0 Å². The van der Waals surface area contributed by atoms with Crippen LogP contribution in [0.25, 0.3) is 0 Å². The maximum Gasteiger partial charge on any atom is 1.00 e. The van der Waals surface area contributed by atoms with Crippen molar-refractivity contribution in [1.82, 2.24) is 0 Å². The van der Waals surface area contributed by atoms with E-state index < -0.39 is 9.05 Å². The molecule has 0 unspecified atom stereocenters. The van der Waals surface area contributed by atoms with Gasteiger partial charge in [0.05, 0.1) is 0 Å². The van der Waals surface area contributed by atoms with Crippen LogP contribution in [0.15, 0.2) is 22.0 Å². The molecule has 0 N–H and O–H groups in total. The average molecular weight is 238 g/mol. The summed E-state index contributed by atoms with van der Waals surface area (Å²) in [5, 5.41) is 0. The number of hydrogen-bond acceptors (Lipinski definition) is 4. The smallest absolute Gasteiger partial charge is 0.780 e. The van der Waals surface area contributed by atoms with Crippen molar-refractivity contribution in [3.05, 3.63) is 22.0 Å². The maximum absolute atomic E-state index is 8.89. The van der Waals surface area contributed by atoms with Crippen LogP contribution < -0.4 is 59.1 Å². The largest absolute Gasteiger partial charge is 1.00 e. The molecule has 0 aromatic heterocycles. The Morgan fingerprint density at radius 1 is 1.17 bits per heavy atom. The first-order valence-electron chi connectivity index (χ1n) is 2.48. The fraction of sp³-hybridized carbons (Fsp3) is 0. The molecular weight excluding hydrogens is 233 g/mol. The van der Waals surface area contributed by atoms with Crippen molar-refractivity contribution in [2.75, 3.05) is 0 Å². The van der Waals surface area contributed by atoms with Crippen molar-refractivity contribution in [2.45, 2.75) is 0 Å². The van der Waals surface area contributed by atoms with E-state index in [2.05, 4.69) is 33.2 Å². The molecule has 0 fully saturated rings. The maximum atomic E-state index is 8.89. The van der Waals surface area contributed by atoms with E-state index in [9.17, 15) is 0 Å². The fourth-order valence-corrected chi connectivity index (χ4v) is 1.18. The van der Waals surface area contributed by atoms with Crippen molar-refractivity contribution < 1.29 is 72.4 Å². The van der Waals surface area contributed by atoms with E-state index in [-0.39, 0.29) is 74.3 Å². The van der Waals surface area contributed by atoms with Gasteiger partial charge in [-0.2, -0.15) is 0 Å². The predicted octanol–water partition coefficient (Wildman–Crippen LogP) is -6.53. The summed E-state index contributed by atoms with van der Waals surface area (Å²) in [6.45, 7) is 0. The Bertz CT molecular complexity index is 219. The van der Waals surface area contributed by atoms with Gasteiger partial charge < -0.3 is 9.11 Å². The van der Waals surface area contributed by atoms with Crippen LogP contribution in [-0.4, -0.2) is 28.5 Å². The molecule has 0 aliphatic carbocycles. The molecule has 3 nitrogen and oxygen atoms in total. The molecule has 1 rings (SSSR count). The Hall–Kier alpha value is 2.30. The van der Waals surface area contributed by atoms with Gasteiger partial charge in [0.2, 0.25) is 0 Å². The summed E-state index contributed by atoms with van der Waals surface area (Å²) in [6, 6.07) is 0. The van der Waals surface area contributed by atoms with Crippen molar-refractivity contribution >= 4 is 35.5 Å². The predicted molar refractivity (Wildman–Crippen MR) is 42.5 cm³/mol. The monoisotopic (exact) mass is 238 g/mol. The van der Waals surface area contributed by atoms with Gasteiger partial charge in [-0.1, -0.05) is 12.2 Å². The first-order chi connectivity index (χ1) is 4.50. The van der Waals surface area contributed by atoms with Crippen LogP contribution in [0, 0.1) is 0 Å². The van der Waals surface area contributed by atoms with Gasteiger partial charge in [-0.05, 0) is 11.2 Å². The quantitative estimate of drug-likeness (QED) is 0.394. The fourth-order valence-electron chi connectivity index (χ4n) is 0.393. The van der Waals surface area contributed by atoms with Gasteiger partial charge in [0.15, 0.2) is 0 Å². The van der Waals surface area contributed by atoms with Crippen molar-refractivity contribution in [3.8, 4) is 0 Å². The Balaban J connectivity index is -0.000000116. The molecule has 1 heterocycles. The van der Waals surface area contributed by atoms with E-state index in [1.165, 1.54) is 0 Å². The minimum Gasteiger partial charge on any atom is -0.780 e. The van der Waals surface area contributed by atoms with Crippen LogP contribution in [0.5, 0.6) is 0 Å². The molecule has 56 valence electrons. The summed E-state index contributed by atoms with van der Waals surface area (Å²) in [7, 11) is -4.33. The molecule has 0 spiro atoms. The van der Waals surface area contributed by atoms with Crippen LogP contribution in [0.4, 0.5) is 0 Å². The standard InChI is InChI=1S/C4H4.Al.2Na.H2O3S2.H/c1-3-4-2;;;;1-5(2,3)4;/h1-4H;;;;(H2,1,2,3,4);/q;;2*+1;;/p-2. The summed E-state index contributed by atoms with van der Waals surface area (Å²) < 4.78 is 26.7. The van der Waals surface area contributed by atoms with E-state index in [1.54, 1.807) is 0 Å². The third-order valence-electron chi connectivity index (χ3n) is 0.655. The zero-order valence-corrected chi connectivity index (χ0v) is 14.1. The molecular formula is C4H5AlNa2O3S2. The molecule has 0 aromatic rings. The van der Waals surface area contributed by atoms with Gasteiger partial charge in [-0.3, -0.25) is 4.21 Å². The van der Waals surface area contributed by atoms with Gasteiger partial charge in [-0.25, -0.2) is 0 Å². The first kappa shape index (κ1) is 19.8. The van der Waals surface area contributed by atoms with Crippen LogP contribution >= 0.6 is 0 Å². The second kappa shape index (κ2) is 11.4. The third kappa shape index (κ3) is 29.5. The zero-order chi connectivity index (χ0) is 8.04. The summed E-state index contributed by atoms with van der Waals surface area (Å²) in [5.41, 5.74) is 0. The van der Waals surface area contributed by atoms with Gasteiger partial charge in [-0.15, -0.1) is 18.9 Å². The van der Waals surface area contributed by atoms with E-state index in [4.69, 9.17) is 13.3 Å². The summed E-state index contributed by atoms with van der Waals surface area (Å²) in [5.74, 6) is 0. The minimum absolute atomic E-state index is 0. The van der Waals surface area contributed by atoms with Gasteiger partial charge in [0.1, 0.15) is 0 Å². The molecule has 0 amide bonds. The van der Waals surface area contributed by atoms with Crippen LogP contribution in [-0.2, 0) is 20.2 Å². The molecule has 1 aliphatic rings. The molecule has 0 radical (unpaired) electrons. The summed E-state index contributed by atoms with van der Waals surface area (Å²) in [4.78, 5) is 4.53. The van der Waals surface area contributed by atoms with Crippen LogP contribution in [0.2, 0.25) is 0 Å². The Kier molecular flexibility index (Phi) is 18.8. The SMILES string of the molecule is C1=[CH][AlH][CH]=C1.O=S([O-])([O-])=S.[Na+].[Na+]. The van der Waals surface area contributed by atoms with E-state index >= 15 is 0 Å². The van der Waals surface area contributed by atoms with E-state index in [1.807, 2.05) is 0 Å². The molecule has 0 atom stereocenters. The average Bonchev–Trinajstić information content (AvgIpc) is 2.07. The Morgan fingerprint density at radius 2 is 1.42 bits per heavy atom. The van der Waals surface area contributed by atoms with Crippen molar-refractivity contribution in [2.24, 2.45) is 0 Å². The Morgan fingerprint density at radius 3 is 1.50 bits per heavy atom. The first-order valence-corrected chi connectivity index (χ1v) is 6.45. The van der Waals surface area contributed by atoms with Crippen LogP contribution in [0.1, 0.15) is 0 Å².